The molecule has 3 N–H and O–H groups in total. The molecule has 116 valence electrons. The minimum absolute atomic E-state index is 0.323. The largest absolute Gasteiger partial charge is 0.462 e. The van der Waals surface area contributed by atoms with Crippen molar-refractivity contribution in [3.05, 3.63) is 23.8 Å². The molecule has 0 radical (unpaired) electrons. The SMILES string of the molecule is CCOC(=O)c1cc(N)ccc1NCC1CCN(C)CC1. The summed E-state index contributed by atoms with van der Waals surface area (Å²) in [4.78, 5) is 14.3. The first-order valence-corrected chi connectivity index (χ1v) is 7.59. The number of ether oxygens (including phenoxy) is 1. The van der Waals surface area contributed by atoms with Crippen LogP contribution in [0, 0.1) is 5.92 Å². The summed E-state index contributed by atoms with van der Waals surface area (Å²) in [5.41, 5.74) is 7.67. The third kappa shape index (κ3) is 4.36. The van der Waals surface area contributed by atoms with Crippen LogP contribution >= 0.6 is 0 Å². The number of nitrogens with zero attached hydrogens (tertiary/aromatic N) is 1. The molecule has 1 aliphatic rings. The highest BCUT2D eigenvalue weighted by Gasteiger charge is 2.18. The molecule has 0 bridgehead atoms. The number of hydrogen-bond acceptors (Lipinski definition) is 5. The lowest BCUT2D eigenvalue weighted by Gasteiger charge is -2.29. The van der Waals surface area contributed by atoms with Gasteiger partial charge in [0.05, 0.1) is 12.2 Å². The van der Waals surface area contributed by atoms with Crippen molar-refractivity contribution in [3.8, 4) is 0 Å². The van der Waals surface area contributed by atoms with E-state index in [0.717, 1.165) is 25.3 Å². The molecule has 5 nitrogen and oxygen atoms in total. The van der Waals surface area contributed by atoms with Crippen molar-refractivity contribution in [2.24, 2.45) is 5.92 Å². The average Bonchev–Trinajstić information content (AvgIpc) is 2.48. The van der Waals surface area contributed by atoms with E-state index < -0.39 is 0 Å². The van der Waals surface area contributed by atoms with Crippen molar-refractivity contribution in [1.82, 2.24) is 4.90 Å². The van der Waals surface area contributed by atoms with Gasteiger partial charge in [-0.25, -0.2) is 4.79 Å². The standard InChI is InChI=1S/C16H25N3O2/c1-3-21-16(20)14-10-13(17)4-5-15(14)18-11-12-6-8-19(2)9-7-12/h4-5,10,12,18H,3,6-9,11,17H2,1-2H3. The van der Waals surface area contributed by atoms with Gasteiger partial charge in [-0.2, -0.15) is 0 Å². The van der Waals surface area contributed by atoms with Gasteiger partial charge in [-0.15, -0.1) is 0 Å². The van der Waals surface area contributed by atoms with E-state index in [1.807, 2.05) is 6.07 Å². The fraction of sp³-hybridized carbons (Fsp3) is 0.562. The molecular formula is C16H25N3O2. The number of hydrogen-bond donors (Lipinski definition) is 2. The summed E-state index contributed by atoms with van der Waals surface area (Å²) in [6, 6.07) is 5.34. The van der Waals surface area contributed by atoms with E-state index in [4.69, 9.17) is 10.5 Å². The molecule has 2 rings (SSSR count). The number of likely N-dealkylation sites (tertiary alicyclic amines) is 1. The number of nitrogens with two attached hydrogens (primary N) is 1. The Bertz CT molecular complexity index is 482. The van der Waals surface area contributed by atoms with Gasteiger partial charge in [0.2, 0.25) is 0 Å². The first-order chi connectivity index (χ1) is 10.1. The Kier molecular flexibility index (Phi) is 5.44. The molecule has 21 heavy (non-hydrogen) atoms. The third-order valence-corrected chi connectivity index (χ3v) is 3.96. The number of carbonyl (C=O) groups is 1. The van der Waals surface area contributed by atoms with Gasteiger partial charge < -0.3 is 20.7 Å². The third-order valence-electron chi connectivity index (χ3n) is 3.96. The summed E-state index contributed by atoms with van der Waals surface area (Å²) in [6.45, 7) is 5.32. The van der Waals surface area contributed by atoms with E-state index in [0.29, 0.717) is 23.8 Å². The lowest BCUT2D eigenvalue weighted by molar-refractivity contribution is 0.0527. The molecule has 1 aliphatic heterocycles. The van der Waals surface area contributed by atoms with Crippen molar-refractivity contribution in [2.45, 2.75) is 19.8 Å². The Morgan fingerprint density at radius 3 is 2.81 bits per heavy atom. The monoisotopic (exact) mass is 291 g/mol. The second kappa shape index (κ2) is 7.31. The lowest BCUT2D eigenvalue weighted by Crippen LogP contribution is -2.33. The van der Waals surface area contributed by atoms with Crippen LogP contribution in [0.25, 0.3) is 0 Å². The summed E-state index contributed by atoms with van der Waals surface area (Å²) >= 11 is 0. The van der Waals surface area contributed by atoms with E-state index >= 15 is 0 Å². The molecule has 1 saturated heterocycles. The van der Waals surface area contributed by atoms with Crippen molar-refractivity contribution in [1.29, 1.82) is 0 Å². The molecular weight excluding hydrogens is 266 g/mol. The molecule has 0 saturated carbocycles. The molecule has 0 aliphatic carbocycles. The van der Waals surface area contributed by atoms with Gasteiger partial charge >= 0.3 is 5.97 Å². The second-order valence-corrected chi connectivity index (χ2v) is 5.65. The number of carbonyl (C=O) groups excluding carboxylic acids is 1. The van der Waals surface area contributed by atoms with E-state index in [1.165, 1.54) is 12.8 Å². The highest BCUT2D eigenvalue weighted by molar-refractivity contribution is 5.96. The van der Waals surface area contributed by atoms with Crippen molar-refractivity contribution < 1.29 is 9.53 Å². The average molecular weight is 291 g/mol. The highest BCUT2D eigenvalue weighted by atomic mass is 16.5. The predicted octanol–water partition coefficient (Wildman–Crippen LogP) is 2.20. The van der Waals surface area contributed by atoms with Crippen LogP contribution in [0.1, 0.15) is 30.1 Å². The van der Waals surface area contributed by atoms with Crippen molar-refractivity contribution >= 4 is 17.3 Å². The van der Waals surface area contributed by atoms with Crippen LogP contribution in [0.15, 0.2) is 18.2 Å². The number of piperidine rings is 1. The van der Waals surface area contributed by atoms with Gasteiger partial charge in [-0.05, 0) is 64.0 Å². The maximum absolute atomic E-state index is 12.0. The minimum Gasteiger partial charge on any atom is -0.462 e. The number of anilines is 2. The molecule has 0 spiro atoms. The Balaban J connectivity index is 2.00. The lowest BCUT2D eigenvalue weighted by atomic mass is 9.97. The van der Waals surface area contributed by atoms with Crippen LogP contribution in [-0.4, -0.2) is 44.2 Å². The number of esters is 1. The van der Waals surface area contributed by atoms with Crippen LogP contribution in [0.4, 0.5) is 11.4 Å². The number of rotatable bonds is 5. The number of nitrogens with one attached hydrogen (secondary N) is 1. The Labute approximate surface area is 126 Å². The van der Waals surface area contributed by atoms with Crippen LogP contribution in [0.5, 0.6) is 0 Å². The van der Waals surface area contributed by atoms with Gasteiger partial charge in [-0.1, -0.05) is 0 Å². The molecule has 0 unspecified atom stereocenters. The van der Waals surface area contributed by atoms with Crippen LogP contribution < -0.4 is 11.1 Å². The zero-order chi connectivity index (χ0) is 15.2. The van der Waals surface area contributed by atoms with Gasteiger partial charge in [0.15, 0.2) is 0 Å². The van der Waals surface area contributed by atoms with Gasteiger partial charge in [0, 0.05) is 17.9 Å². The van der Waals surface area contributed by atoms with Crippen LogP contribution in [0.3, 0.4) is 0 Å². The van der Waals surface area contributed by atoms with E-state index in [1.54, 1.807) is 19.1 Å². The van der Waals surface area contributed by atoms with Crippen molar-refractivity contribution in [2.75, 3.05) is 44.3 Å². The minimum atomic E-state index is -0.323. The summed E-state index contributed by atoms with van der Waals surface area (Å²) in [6.07, 6.45) is 2.38. The zero-order valence-corrected chi connectivity index (χ0v) is 12.9. The van der Waals surface area contributed by atoms with Gasteiger partial charge in [0.1, 0.15) is 0 Å². The second-order valence-electron chi connectivity index (χ2n) is 5.65. The number of nitrogen functional groups attached to an aromatic ring is 1. The number of benzene rings is 1. The van der Waals surface area contributed by atoms with Crippen LogP contribution in [0.2, 0.25) is 0 Å². The Morgan fingerprint density at radius 2 is 2.14 bits per heavy atom. The molecule has 0 atom stereocenters. The first kappa shape index (κ1) is 15.6. The molecule has 0 aromatic heterocycles. The fourth-order valence-electron chi connectivity index (χ4n) is 2.61. The molecule has 0 amide bonds. The Hall–Kier alpha value is -1.75. The van der Waals surface area contributed by atoms with Crippen molar-refractivity contribution in [3.63, 3.8) is 0 Å². The fourth-order valence-corrected chi connectivity index (χ4v) is 2.61. The summed E-state index contributed by atoms with van der Waals surface area (Å²) in [7, 11) is 2.16. The molecule has 5 heteroatoms. The molecule has 1 fully saturated rings. The maximum Gasteiger partial charge on any atom is 0.340 e. The van der Waals surface area contributed by atoms with Gasteiger partial charge in [-0.3, -0.25) is 0 Å². The topological polar surface area (TPSA) is 67.6 Å². The normalized spacial score (nSPS) is 16.7. The van der Waals surface area contributed by atoms with E-state index in [9.17, 15) is 4.79 Å². The molecule has 1 aromatic carbocycles. The summed E-state index contributed by atoms with van der Waals surface area (Å²) < 4.78 is 5.09. The maximum atomic E-state index is 12.0. The highest BCUT2D eigenvalue weighted by Crippen LogP contribution is 2.22. The zero-order valence-electron chi connectivity index (χ0n) is 12.9. The Morgan fingerprint density at radius 1 is 1.43 bits per heavy atom. The smallest absolute Gasteiger partial charge is 0.340 e. The van der Waals surface area contributed by atoms with E-state index in [-0.39, 0.29) is 5.97 Å². The van der Waals surface area contributed by atoms with E-state index in [2.05, 4.69) is 17.3 Å². The summed E-state index contributed by atoms with van der Waals surface area (Å²) in [5, 5.41) is 3.39. The van der Waals surface area contributed by atoms with Crippen LogP contribution in [-0.2, 0) is 4.74 Å². The molecule has 1 aromatic rings. The predicted molar refractivity (Wildman–Crippen MR) is 85.5 cm³/mol. The molecule has 1 heterocycles. The van der Waals surface area contributed by atoms with Gasteiger partial charge in [0.25, 0.3) is 0 Å². The summed E-state index contributed by atoms with van der Waals surface area (Å²) in [5.74, 6) is 0.324. The quantitative estimate of drug-likeness (QED) is 0.643. The first-order valence-electron chi connectivity index (χ1n) is 7.59.